The third-order valence-corrected chi connectivity index (χ3v) is 9.11. The van der Waals surface area contributed by atoms with E-state index in [1.54, 1.807) is 47.7 Å². The van der Waals surface area contributed by atoms with Crippen LogP contribution in [0.3, 0.4) is 0 Å². The molecule has 0 aliphatic carbocycles. The molecule has 0 saturated heterocycles. The Morgan fingerprint density at radius 3 is 2.00 bits per heavy atom. The second kappa shape index (κ2) is 16.3. The summed E-state index contributed by atoms with van der Waals surface area (Å²) in [5.41, 5.74) is -0.382. The molecule has 4 atom stereocenters. The van der Waals surface area contributed by atoms with Gasteiger partial charge in [-0.2, -0.15) is 0 Å². The molecule has 284 valence electrons. The van der Waals surface area contributed by atoms with E-state index in [-0.39, 0.29) is 18.2 Å². The summed E-state index contributed by atoms with van der Waals surface area (Å²) < 4.78 is 7.71. The Bertz CT molecular complexity index is 1630. The maximum absolute atomic E-state index is 14.7. The zero-order valence-corrected chi connectivity index (χ0v) is 33.3. The number of likely N-dealkylation sites (N-methyl/N-ethyl adjacent to an activating group) is 2. The number of benzene rings is 1. The van der Waals surface area contributed by atoms with Crippen LogP contribution in [0.4, 0.5) is 4.79 Å². The van der Waals surface area contributed by atoms with Crippen molar-refractivity contribution in [3.8, 4) is 0 Å². The Balaban J connectivity index is 2.59. The van der Waals surface area contributed by atoms with Gasteiger partial charge in [-0.05, 0) is 57.6 Å². The summed E-state index contributed by atoms with van der Waals surface area (Å²) in [6.07, 6.45) is 2.76. The van der Waals surface area contributed by atoms with Gasteiger partial charge in [0.1, 0.15) is 17.7 Å². The lowest BCUT2D eigenvalue weighted by molar-refractivity contribution is -0.142. The molecule has 12 nitrogen and oxygen atoms in total. The molecule has 2 aromatic rings. The lowest BCUT2D eigenvalue weighted by atomic mass is 9.76. The average Bonchev–Trinajstić information content (AvgIpc) is 3.32. The maximum atomic E-state index is 14.7. The molecule has 0 radical (unpaired) electrons. The van der Waals surface area contributed by atoms with E-state index in [4.69, 9.17) is 9.84 Å². The number of nitrogens with zero attached hydrogens (tertiary/aromatic N) is 3. The molecule has 0 spiro atoms. The van der Waals surface area contributed by atoms with E-state index in [1.807, 2.05) is 90.5 Å². The number of para-hydroxylation sites is 1. The molecule has 3 N–H and O–H groups in total. The number of amides is 4. The minimum Gasteiger partial charge on any atom is -0.481 e. The number of ether oxygens (including phenoxy) is 1. The Morgan fingerprint density at radius 2 is 1.49 bits per heavy atom. The van der Waals surface area contributed by atoms with Gasteiger partial charge < -0.3 is 29.9 Å². The first-order valence-electron chi connectivity index (χ1n) is 17.5. The van der Waals surface area contributed by atoms with Gasteiger partial charge in [-0.15, -0.1) is 0 Å². The first kappa shape index (κ1) is 42.8. The lowest BCUT2D eigenvalue weighted by Crippen LogP contribution is -2.63. The second-order valence-corrected chi connectivity index (χ2v) is 16.7. The van der Waals surface area contributed by atoms with Gasteiger partial charge in [0.15, 0.2) is 0 Å². The van der Waals surface area contributed by atoms with Gasteiger partial charge in [-0.25, -0.2) is 4.79 Å². The Morgan fingerprint density at radius 1 is 0.922 bits per heavy atom. The quantitative estimate of drug-likeness (QED) is 0.228. The summed E-state index contributed by atoms with van der Waals surface area (Å²) in [7, 11) is 5.10. The minimum absolute atomic E-state index is 0.120. The van der Waals surface area contributed by atoms with Gasteiger partial charge in [-0.3, -0.25) is 24.1 Å². The van der Waals surface area contributed by atoms with E-state index in [0.717, 1.165) is 16.5 Å². The summed E-state index contributed by atoms with van der Waals surface area (Å²) in [6, 6.07) is 4.62. The highest BCUT2D eigenvalue weighted by molar-refractivity contribution is 5.95. The van der Waals surface area contributed by atoms with Crippen molar-refractivity contribution in [3.63, 3.8) is 0 Å². The topological polar surface area (TPSA) is 150 Å². The van der Waals surface area contributed by atoms with Crippen molar-refractivity contribution in [2.45, 2.75) is 125 Å². The number of carbonyl (C=O) groups excluding carboxylic acids is 4. The monoisotopic (exact) mass is 711 g/mol. The Labute approximate surface area is 303 Å². The first-order chi connectivity index (χ1) is 23.2. The van der Waals surface area contributed by atoms with E-state index in [1.165, 1.54) is 16.8 Å². The van der Waals surface area contributed by atoms with Crippen LogP contribution < -0.4 is 10.6 Å². The smallest absolute Gasteiger partial charge is 0.410 e. The number of hydrogen-bond acceptors (Lipinski definition) is 6. The number of aromatic nitrogens is 1. The Hall–Kier alpha value is -4.35. The van der Waals surface area contributed by atoms with Crippen LogP contribution in [0.2, 0.25) is 0 Å². The molecule has 4 amide bonds. The third kappa shape index (κ3) is 10.8. The second-order valence-electron chi connectivity index (χ2n) is 16.7. The standard InChI is InChI=1S/C39H61N5O7/c1-23(2)29(20-24(3)33(47)40-25(4)21-30(45)46)43(14)35(49)31(37(5,6)7)41-34(48)32(44(15)36(50)51-38(8,9)10)39(11,12)27-22-42(13)28-19-17-16-18-26(27)28/h16-20,22-23,25,29,31-32H,21H2,1-15H3,(H,40,47)(H,41,48)(H,45,46)/b24-20+/t25-,29-,31-,32-/m1/s1. The molecule has 2 rings (SSSR count). The lowest BCUT2D eigenvalue weighted by Gasteiger charge is -2.42. The molecule has 0 saturated carbocycles. The van der Waals surface area contributed by atoms with E-state index in [0.29, 0.717) is 5.57 Å². The van der Waals surface area contributed by atoms with Crippen molar-refractivity contribution in [2.24, 2.45) is 18.4 Å². The van der Waals surface area contributed by atoms with Crippen LogP contribution >= 0.6 is 0 Å². The third-order valence-electron chi connectivity index (χ3n) is 9.11. The number of carboxylic acid groups (broad SMARTS) is 1. The largest absolute Gasteiger partial charge is 0.481 e. The predicted octanol–water partition coefficient (Wildman–Crippen LogP) is 5.63. The SMILES string of the molecule is C/C(=C\[C@H](C(C)C)N(C)C(=O)[C@@H](NC(=O)[C@@H](N(C)C(=O)OC(C)(C)C)C(C)(C)c1cn(C)c2ccccc12)C(C)(C)C)C(=O)N[C@H](C)CC(=O)O. The number of nitrogens with one attached hydrogen (secondary N) is 2. The van der Waals surface area contributed by atoms with Crippen molar-refractivity contribution in [3.05, 3.63) is 47.7 Å². The molecule has 1 aromatic carbocycles. The summed E-state index contributed by atoms with van der Waals surface area (Å²) in [5, 5.41) is 15.7. The van der Waals surface area contributed by atoms with Crippen molar-refractivity contribution < 1.29 is 33.8 Å². The fraction of sp³-hybridized carbons (Fsp3) is 0.615. The number of carboxylic acids is 1. The zero-order chi connectivity index (χ0) is 39.4. The molecule has 0 bridgehead atoms. The summed E-state index contributed by atoms with van der Waals surface area (Å²) in [5.74, 6) is -2.47. The van der Waals surface area contributed by atoms with E-state index < -0.39 is 64.5 Å². The predicted molar refractivity (Wildman–Crippen MR) is 200 cm³/mol. The molecule has 0 fully saturated rings. The van der Waals surface area contributed by atoms with E-state index >= 15 is 0 Å². The van der Waals surface area contributed by atoms with Crippen LogP contribution in [-0.4, -0.2) is 93.1 Å². The van der Waals surface area contributed by atoms with Gasteiger partial charge in [0.2, 0.25) is 17.7 Å². The van der Waals surface area contributed by atoms with E-state index in [9.17, 15) is 24.0 Å². The minimum atomic E-state index is -1.10. The fourth-order valence-electron chi connectivity index (χ4n) is 6.38. The van der Waals surface area contributed by atoms with Crippen LogP contribution in [-0.2, 0) is 36.4 Å². The van der Waals surface area contributed by atoms with Crippen LogP contribution in [0.5, 0.6) is 0 Å². The molecular weight excluding hydrogens is 650 g/mol. The van der Waals surface area contributed by atoms with Crippen LogP contribution in [0.1, 0.15) is 95.1 Å². The van der Waals surface area contributed by atoms with E-state index in [2.05, 4.69) is 10.6 Å². The summed E-state index contributed by atoms with van der Waals surface area (Å²) in [4.78, 5) is 69.6. The van der Waals surface area contributed by atoms with Crippen molar-refractivity contribution in [2.75, 3.05) is 14.1 Å². The number of rotatable bonds is 13. The highest BCUT2D eigenvalue weighted by atomic mass is 16.6. The molecule has 0 unspecified atom stereocenters. The van der Waals surface area contributed by atoms with Gasteiger partial charge in [-0.1, -0.05) is 72.7 Å². The summed E-state index contributed by atoms with van der Waals surface area (Å²) in [6.45, 7) is 21.7. The first-order valence-corrected chi connectivity index (χ1v) is 17.5. The highest BCUT2D eigenvalue weighted by Crippen LogP contribution is 2.37. The van der Waals surface area contributed by atoms with Crippen molar-refractivity contribution >= 4 is 40.7 Å². The van der Waals surface area contributed by atoms with Gasteiger partial charge >= 0.3 is 12.1 Å². The number of aryl methyl sites for hydroxylation is 1. The summed E-state index contributed by atoms with van der Waals surface area (Å²) >= 11 is 0. The van der Waals surface area contributed by atoms with Crippen LogP contribution in [0, 0.1) is 11.3 Å². The Kier molecular flexibility index (Phi) is 13.7. The number of aliphatic carboxylic acids is 1. The van der Waals surface area contributed by atoms with Crippen molar-refractivity contribution in [1.82, 2.24) is 25.0 Å². The van der Waals surface area contributed by atoms with Gasteiger partial charge in [0.05, 0.1) is 12.5 Å². The number of hydrogen-bond donors (Lipinski definition) is 3. The van der Waals surface area contributed by atoms with Gasteiger partial charge in [0.25, 0.3) is 0 Å². The van der Waals surface area contributed by atoms with Gasteiger partial charge in [0, 0.05) is 55.3 Å². The average molecular weight is 712 g/mol. The van der Waals surface area contributed by atoms with Crippen LogP contribution in [0.25, 0.3) is 10.9 Å². The normalized spacial score (nSPS) is 15.1. The van der Waals surface area contributed by atoms with Crippen molar-refractivity contribution in [1.29, 1.82) is 0 Å². The highest BCUT2D eigenvalue weighted by Gasteiger charge is 2.46. The zero-order valence-electron chi connectivity index (χ0n) is 33.3. The molecule has 0 aliphatic heterocycles. The van der Waals surface area contributed by atoms with Crippen LogP contribution in [0.15, 0.2) is 42.1 Å². The number of carbonyl (C=O) groups is 5. The molecule has 12 heteroatoms. The molecule has 51 heavy (non-hydrogen) atoms. The number of fused-ring (bicyclic) bond motifs is 1. The molecular formula is C39H61N5O7. The molecule has 1 aromatic heterocycles. The fourth-order valence-corrected chi connectivity index (χ4v) is 6.38. The molecule has 0 aliphatic rings. The molecule has 1 heterocycles. The maximum Gasteiger partial charge on any atom is 0.410 e.